The molecule has 1 aliphatic heterocycles. The molecule has 1 aliphatic rings. The zero-order chi connectivity index (χ0) is 27.8. The number of rotatable bonds is 13. The van der Waals surface area contributed by atoms with Crippen LogP contribution in [-0.2, 0) is 27.9 Å². The zero-order valence-electron chi connectivity index (χ0n) is 21.0. The summed E-state index contributed by atoms with van der Waals surface area (Å²) in [7, 11) is -2.98. The molecule has 0 bridgehead atoms. The van der Waals surface area contributed by atoms with E-state index in [9.17, 15) is 28.8 Å². The first-order valence-corrected chi connectivity index (χ1v) is 14.1. The second kappa shape index (κ2) is 13.9. The van der Waals surface area contributed by atoms with Gasteiger partial charge in [-0.25, -0.2) is 9.59 Å². The van der Waals surface area contributed by atoms with Crippen LogP contribution in [-0.4, -0.2) is 75.1 Å². The van der Waals surface area contributed by atoms with Crippen molar-refractivity contribution < 1.29 is 37.8 Å². The van der Waals surface area contributed by atoms with Gasteiger partial charge in [0.2, 0.25) is 0 Å². The molecule has 0 radical (unpaired) electrons. The van der Waals surface area contributed by atoms with Crippen molar-refractivity contribution in [3.05, 3.63) is 33.1 Å². The maximum Gasteiger partial charge on any atom is 0.407 e. The number of aromatic amines is 1. The molecule has 2 heterocycles. The lowest BCUT2D eigenvalue weighted by Gasteiger charge is -2.26. The van der Waals surface area contributed by atoms with E-state index < -0.39 is 54.3 Å². The van der Waals surface area contributed by atoms with E-state index in [4.69, 9.17) is 30.1 Å². The predicted molar refractivity (Wildman–Crippen MR) is 137 cm³/mol. The fourth-order valence-corrected chi connectivity index (χ4v) is 5.31. The van der Waals surface area contributed by atoms with E-state index in [-0.39, 0.29) is 37.2 Å². The van der Waals surface area contributed by atoms with Crippen LogP contribution < -0.4 is 16.6 Å². The van der Waals surface area contributed by atoms with Crippen LogP contribution in [0.2, 0.25) is 0 Å². The summed E-state index contributed by atoms with van der Waals surface area (Å²) in [6.07, 6.45) is -2.36. The number of aromatic nitrogens is 2. The molecule has 1 saturated heterocycles. The van der Waals surface area contributed by atoms with Crippen LogP contribution in [0.15, 0.2) is 21.9 Å². The molecule has 0 aliphatic carbocycles. The molecule has 13 nitrogen and oxygen atoms in total. The van der Waals surface area contributed by atoms with Crippen molar-refractivity contribution >= 4 is 42.8 Å². The molecular weight excluding hydrogens is 553 g/mol. The van der Waals surface area contributed by atoms with Gasteiger partial charge < -0.3 is 28.9 Å². The Kier molecular flexibility index (Phi) is 11.9. The highest BCUT2D eigenvalue weighted by atomic mass is 35.5. The Hall–Kier alpha value is -1.67. The number of nitrogens with zero attached hydrogens (tertiary/aromatic N) is 1. The van der Waals surface area contributed by atoms with E-state index in [0.29, 0.717) is 6.42 Å². The van der Waals surface area contributed by atoms with Gasteiger partial charge in [-0.3, -0.25) is 23.7 Å². The highest BCUT2D eigenvalue weighted by molar-refractivity contribution is 8.13. The van der Waals surface area contributed by atoms with Crippen LogP contribution in [0, 0.1) is 5.41 Å². The van der Waals surface area contributed by atoms with Gasteiger partial charge in [-0.15, -0.1) is 11.6 Å². The molecule has 1 aromatic heterocycles. The zero-order valence-corrected chi connectivity index (χ0v) is 23.6. The van der Waals surface area contributed by atoms with Crippen LogP contribution in [0.3, 0.4) is 0 Å². The summed E-state index contributed by atoms with van der Waals surface area (Å²) in [5.74, 6) is 0.229. The quantitative estimate of drug-likeness (QED) is 0.174. The second-order valence-corrected chi connectivity index (χ2v) is 11.9. The molecule has 37 heavy (non-hydrogen) atoms. The van der Waals surface area contributed by atoms with Gasteiger partial charge in [-0.1, -0.05) is 25.6 Å². The number of halogens is 1. The van der Waals surface area contributed by atoms with Crippen molar-refractivity contribution in [3.63, 3.8) is 0 Å². The van der Waals surface area contributed by atoms with E-state index in [0.717, 1.165) is 22.4 Å². The first-order valence-electron chi connectivity index (χ1n) is 11.5. The van der Waals surface area contributed by atoms with Crippen LogP contribution in [0.5, 0.6) is 0 Å². The van der Waals surface area contributed by atoms with E-state index in [1.54, 1.807) is 20.8 Å². The lowest BCUT2D eigenvalue weighted by Crippen LogP contribution is -2.42. The molecule has 0 saturated carbocycles. The van der Waals surface area contributed by atoms with Gasteiger partial charge in [0, 0.05) is 30.0 Å². The van der Waals surface area contributed by atoms with Gasteiger partial charge in [-0.05, 0) is 20.3 Å². The minimum Gasteiger partial charge on any atom is -0.450 e. The third kappa shape index (κ3) is 8.95. The number of hydrogen-bond acceptors (Lipinski definition) is 11. The van der Waals surface area contributed by atoms with Crippen LogP contribution >= 0.6 is 31.6 Å². The topological polar surface area (TPSA) is 175 Å². The third-order valence-electron chi connectivity index (χ3n) is 5.57. The number of ether oxygens (including phenoxy) is 2. The fourth-order valence-electron chi connectivity index (χ4n) is 3.37. The number of alkyl halides is 1. The Balaban J connectivity index is 1.74. The molecule has 1 unspecified atom stereocenters. The van der Waals surface area contributed by atoms with Crippen LogP contribution in [0.1, 0.15) is 40.3 Å². The van der Waals surface area contributed by atoms with Crippen molar-refractivity contribution in [3.8, 4) is 0 Å². The third-order valence-corrected chi connectivity index (χ3v) is 8.01. The smallest absolute Gasteiger partial charge is 0.407 e. The van der Waals surface area contributed by atoms with Crippen molar-refractivity contribution in [1.82, 2.24) is 14.9 Å². The summed E-state index contributed by atoms with van der Waals surface area (Å²) in [5, 5.41) is 13.0. The van der Waals surface area contributed by atoms with Crippen LogP contribution in [0.25, 0.3) is 0 Å². The predicted octanol–water partition coefficient (Wildman–Crippen LogP) is 1.64. The number of aliphatic hydroxyl groups is 1. The van der Waals surface area contributed by atoms with E-state index in [2.05, 4.69) is 10.3 Å². The van der Waals surface area contributed by atoms with Crippen molar-refractivity contribution in [2.24, 2.45) is 5.41 Å². The average Bonchev–Trinajstić information content (AvgIpc) is 3.03. The summed E-state index contributed by atoms with van der Waals surface area (Å²) in [4.78, 5) is 47.8. The minimum absolute atomic E-state index is 0.0257. The van der Waals surface area contributed by atoms with Gasteiger partial charge in [0.1, 0.15) is 17.1 Å². The molecule has 5 atom stereocenters. The van der Waals surface area contributed by atoms with Gasteiger partial charge >= 0.3 is 20.0 Å². The van der Waals surface area contributed by atoms with E-state index in [1.165, 1.54) is 13.1 Å². The number of aliphatic hydroxyl groups excluding tert-OH is 1. The summed E-state index contributed by atoms with van der Waals surface area (Å²) in [6, 6.07) is 1.12. The maximum atomic E-state index is 12.5. The molecule has 3 N–H and O–H groups in total. The SMILES string of the molecule is CCOC(=O)NCCC(C)(C)C(=O)SCCO[PH](=O)OC[C@H]1O[C@@H](n2ccc(=O)[nH]c2=O)[C@](C)(Cl)[C@@H]1O. The van der Waals surface area contributed by atoms with Gasteiger partial charge in [0.15, 0.2) is 11.3 Å². The summed E-state index contributed by atoms with van der Waals surface area (Å²) in [6.45, 7) is 6.86. The van der Waals surface area contributed by atoms with Crippen molar-refractivity contribution in [2.75, 3.05) is 32.1 Å². The van der Waals surface area contributed by atoms with Gasteiger partial charge in [0.05, 0.1) is 19.8 Å². The number of thioether (sulfide) groups is 1. The molecule has 2 rings (SSSR count). The second-order valence-electron chi connectivity index (χ2n) is 8.97. The molecular formula is C21H33ClN3O10PS. The summed E-state index contributed by atoms with van der Waals surface area (Å²) >= 11 is 7.44. The van der Waals surface area contributed by atoms with E-state index in [1.807, 2.05) is 0 Å². The molecule has 210 valence electrons. The summed E-state index contributed by atoms with van der Waals surface area (Å²) in [5.41, 5.74) is -2.07. The minimum atomic E-state index is -2.98. The number of alkyl carbamates (subject to hydrolysis) is 1. The van der Waals surface area contributed by atoms with Crippen molar-refractivity contribution in [1.29, 1.82) is 0 Å². The molecule has 1 fully saturated rings. The van der Waals surface area contributed by atoms with Crippen LogP contribution in [0.4, 0.5) is 4.79 Å². The number of hydrogen-bond donors (Lipinski definition) is 3. The molecule has 16 heteroatoms. The molecule has 0 spiro atoms. The Morgan fingerprint density at radius 2 is 2.08 bits per heavy atom. The van der Waals surface area contributed by atoms with Gasteiger partial charge in [-0.2, -0.15) is 0 Å². The first kappa shape index (κ1) is 31.5. The fraction of sp³-hybridized carbons (Fsp3) is 0.714. The Bertz CT molecular complexity index is 1080. The monoisotopic (exact) mass is 585 g/mol. The van der Waals surface area contributed by atoms with Gasteiger partial charge in [0.25, 0.3) is 5.56 Å². The lowest BCUT2D eigenvalue weighted by atomic mass is 9.91. The Morgan fingerprint density at radius 1 is 1.38 bits per heavy atom. The Labute approximate surface area is 223 Å². The largest absolute Gasteiger partial charge is 0.450 e. The normalized spacial score (nSPS) is 24.5. The standard InChI is InChI=1S/C21H33ClN3O10PS/c1-5-32-19(30)23-8-7-20(2,3)17(28)37-11-10-33-36(31)34-12-13-15(27)21(4,22)16(35-13)25-9-6-14(26)24-18(25)29/h6,9,13,15-16,27,36H,5,7-8,10-12H2,1-4H3,(H,23,30)(H,24,26,29)/t13-,15-,16-,21-/m1/s1. The average molecular weight is 586 g/mol. The number of carbonyl (C=O) groups excluding carboxylic acids is 2. The highest BCUT2D eigenvalue weighted by Crippen LogP contribution is 2.43. The maximum absolute atomic E-state index is 12.5. The molecule has 1 amide bonds. The number of carbonyl (C=O) groups is 2. The first-order chi connectivity index (χ1) is 17.3. The van der Waals surface area contributed by atoms with Crippen molar-refractivity contribution in [2.45, 2.75) is 57.4 Å². The number of amides is 1. The molecule has 1 aromatic rings. The summed E-state index contributed by atoms with van der Waals surface area (Å²) < 4.78 is 34.0. The molecule has 0 aromatic carbocycles. The number of nitrogens with one attached hydrogen (secondary N) is 2. The Morgan fingerprint density at radius 3 is 2.73 bits per heavy atom. The highest BCUT2D eigenvalue weighted by Gasteiger charge is 2.53. The van der Waals surface area contributed by atoms with E-state index >= 15 is 0 Å². The lowest BCUT2D eigenvalue weighted by molar-refractivity contribution is -0.118. The number of H-pyrrole nitrogens is 1.